The maximum atomic E-state index is 11.5. The molecule has 3 N–H and O–H groups in total. The first kappa shape index (κ1) is 16.5. The van der Waals surface area contributed by atoms with Gasteiger partial charge in [0.1, 0.15) is 0 Å². The molecule has 0 aliphatic carbocycles. The number of carbonyl (C=O) groups is 1. The molecule has 0 aliphatic heterocycles. The summed E-state index contributed by atoms with van der Waals surface area (Å²) < 4.78 is 22.9. The molecule has 0 bridgehead atoms. The molecule has 0 atom stereocenters. The Morgan fingerprint density at radius 1 is 1.40 bits per heavy atom. The lowest BCUT2D eigenvalue weighted by Crippen LogP contribution is -2.22. The summed E-state index contributed by atoms with van der Waals surface area (Å²) >= 11 is 0. The lowest BCUT2D eigenvalue weighted by atomic mass is 10.1. The smallest absolute Gasteiger partial charge is 0.337 e. The first-order valence-electron chi connectivity index (χ1n) is 6.30. The van der Waals surface area contributed by atoms with Crippen molar-refractivity contribution in [3.8, 4) is 0 Å². The molecule has 0 saturated heterocycles. The van der Waals surface area contributed by atoms with E-state index in [0.29, 0.717) is 17.8 Å². The number of anilines is 1. The Morgan fingerprint density at radius 2 is 2.00 bits per heavy atom. The van der Waals surface area contributed by atoms with Crippen molar-refractivity contribution in [2.75, 3.05) is 18.5 Å². The van der Waals surface area contributed by atoms with Crippen LogP contribution in [0.2, 0.25) is 0 Å². The first-order chi connectivity index (χ1) is 9.18. The predicted octanol–water partition coefficient (Wildman–Crippen LogP) is 1.58. The average Bonchev–Trinajstić information content (AvgIpc) is 2.33. The fourth-order valence-electron chi connectivity index (χ4n) is 1.98. The summed E-state index contributed by atoms with van der Waals surface area (Å²) in [5.74, 6) is -1.17. The van der Waals surface area contributed by atoms with Crippen LogP contribution >= 0.6 is 0 Å². The number of nitrogens with two attached hydrogens (primary N) is 1. The molecule has 0 amide bonds. The van der Waals surface area contributed by atoms with E-state index in [9.17, 15) is 18.3 Å². The summed E-state index contributed by atoms with van der Waals surface area (Å²) in [6.07, 6.45) is 1.91. The largest absolute Gasteiger partial charge is 0.478 e. The van der Waals surface area contributed by atoms with Crippen molar-refractivity contribution in [2.45, 2.75) is 31.6 Å². The van der Waals surface area contributed by atoms with Gasteiger partial charge < -0.3 is 10.0 Å². The second-order valence-corrected chi connectivity index (χ2v) is 6.29. The minimum atomic E-state index is -3.93. The van der Waals surface area contributed by atoms with Crippen molar-refractivity contribution >= 4 is 21.7 Å². The highest BCUT2D eigenvalue weighted by molar-refractivity contribution is 7.89. The summed E-state index contributed by atoms with van der Waals surface area (Å²) in [6, 6.07) is 2.68. The van der Waals surface area contributed by atoms with E-state index in [4.69, 9.17) is 5.14 Å². The van der Waals surface area contributed by atoms with Crippen molar-refractivity contribution in [2.24, 2.45) is 5.14 Å². The van der Waals surface area contributed by atoms with Crippen LogP contribution in [0.15, 0.2) is 17.0 Å². The topological polar surface area (TPSA) is 101 Å². The van der Waals surface area contributed by atoms with Gasteiger partial charge >= 0.3 is 5.97 Å². The predicted molar refractivity (Wildman–Crippen MR) is 77.7 cm³/mol. The minimum absolute atomic E-state index is 0.0572. The number of sulfonamides is 1. The fraction of sp³-hybridized carbons (Fsp3) is 0.462. The number of rotatable bonds is 6. The third kappa shape index (κ3) is 3.71. The molecule has 0 aromatic heterocycles. The van der Waals surface area contributed by atoms with E-state index in [1.54, 1.807) is 20.0 Å². The monoisotopic (exact) mass is 300 g/mol. The summed E-state index contributed by atoms with van der Waals surface area (Å²) in [7, 11) is -2.15. The Bertz CT molecular complexity index is 611. The van der Waals surface area contributed by atoms with Crippen LogP contribution in [0.25, 0.3) is 0 Å². The van der Waals surface area contributed by atoms with Crippen LogP contribution in [0.5, 0.6) is 0 Å². The molecule has 0 saturated carbocycles. The Kier molecular flexibility index (Phi) is 5.13. The van der Waals surface area contributed by atoms with Crippen LogP contribution in [0.3, 0.4) is 0 Å². The second kappa shape index (κ2) is 6.23. The van der Waals surface area contributed by atoms with E-state index in [1.165, 1.54) is 0 Å². The number of nitrogens with zero attached hydrogens (tertiary/aromatic N) is 1. The molecule has 0 spiro atoms. The molecule has 20 heavy (non-hydrogen) atoms. The lowest BCUT2D eigenvalue weighted by molar-refractivity contribution is 0.0697. The standard InChI is InChI=1S/C13H20N2O4S/c1-4-5-6-15(3)11-7-9(2)12(20(14,18)19)8-10(11)13(16)17/h7-8H,4-6H2,1-3H3,(H,16,17)(H2,14,18,19). The van der Waals surface area contributed by atoms with Crippen LogP contribution < -0.4 is 10.0 Å². The number of primary sulfonamides is 1. The molecule has 0 radical (unpaired) electrons. The number of carboxylic acid groups (broad SMARTS) is 1. The van der Waals surface area contributed by atoms with Gasteiger partial charge in [-0.25, -0.2) is 18.4 Å². The molecule has 0 unspecified atom stereocenters. The third-order valence-electron chi connectivity index (χ3n) is 3.09. The Balaban J connectivity index is 3.39. The summed E-state index contributed by atoms with van der Waals surface area (Å²) in [5.41, 5.74) is 0.880. The van der Waals surface area contributed by atoms with Crippen LogP contribution in [0.1, 0.15) is 35.7 Å². The van der Waals surface area contributed by atoms with Crippen molar-refractivity contribution in [1.29, 1.82) is 0 Å². The van der Waals surface area contributed by atoms with Gasteiger partial charge in [-0.15, -0.1) is 0 Å². The van der Waals surface area contributed by atoms with Crippen LogP contribution in [0, 0.1) is 6.92 Å². The zero-order valence-corrected chi connectivity index (χ0v) is 12.7. The van der Waals surface area contributed by atoms with E-state index in [1.807, 2.05) is 11.8 Å². The van der Waals surface area contributed by atoms with E-state index < -0.39 is 16.0 Å². The minimum Gasteiger partial charge on any atom is -0.478 e. The first-order valence-corrected chi connectivity index (χ1v) is 7.85. The second-order valence-electron chi connectivity index (χ2n) is 4.76. The number of hydrogen-bond donors (Lipinski definition) is 2. The number of hydrogen-bond acceptors (Lipinski definition) is 4. The molecule has 0 fully saturated rings. The highest BCUT2D eigenvalue weighted by atomic mass is 32.2. The highest BCUT2D eigenvalue weighted by Gasteiger charge is 2.20. The molecular formula is C13H20N2O4S. The van der Waals surface area contributed by atoms with Gasteiger partial charge in [-0.2, -0.15) is 0 Å². The van der Waals surface area contributed by atoms with E-state index in [2.05, 4.69) is 0 Å². The zero-order valence-electron chi connectivity index (χ0n) is 11.9. The number of aromatic carboxylic acids is 1. The van der Waals surface area contributed by atoms with Gasteiger partial charge in [0.2, 0.25) is 10.0 Å². The van der Waals surface area contributed by atoms with Gasteiger partial charge in [0.15, 0.2) is 0 Å². The Labute approximate surface area is 119 Å². The van der Waals surface area contributed by atoms with Crippen molar-refractivity contribution in [1.82, 2.24) is 0 Å². The van der Waals surface area contributed by atoms with Crippen LogP contribution in [-0.4, -0.2) is 33.1 Å². The molecular weight excluding hydrogens is 280 g/mol. The molecule has 7 heteroatoms. The number of benzene rings is 1. The molecule has 112 valence electrons. The molecule has 0 aliphatic rings. The van der Waals surface area contributed by atoms with Crippen LogP contribution in [0.4, 0.5) is 5.69 Å². The van der Waals surface area contributed by atoms with Gasteiger partial charge in [0.25, 0.3) is 0 Å². The van der Waals surface area contributed by atoms with Crippen LogP contribution in [-0.2, 0) is 10.0 Å². The molecule has 1 aromatic rings. The maximum absolute atomic E-state index is 11.5. The molecule has 6 nitrogen and oxygen atoms in total. The van der Waals surface area contributed by atoms with Gasteiger partial charge in [-0.05, 0) is 31.0 Å². The van der Waals surface area contributed by atoms with Gasteiger partial charge in [-0.3, -0.25) is 0 Å². The van der Waals surface area contributed by atoms with Crippen molar-refractivity contribution in [3.63, 3.8) is 0 Å². The summed E-state index contributed by atoms with van der Waals surface area (Å²) in [4.78, 5) is 13.0. The summed E-state index contributed by atoms with van der Waals surface area (Å²) in [6.45, 7) is 4.34. The van der Waals surface area contributed by atoms with Gasteiger partial charge in [0.05, 0.1) is 16.1 Å². The average molecular weight is 300 g/mol. The van der Waals surface area contributed by atoms with Crippen molar-refractivity contribution < 1.29 is 18.3 Å². The summed E-state index contributed by atoms with van der Waals surface area (Å²) in [5, 5.41) is 14.4. The van der Waals surface area contributed by atoms with Crippen molar-refractivity contribution in [3.05, 3.63) is 23.3 Å². The zero-order chi connectivity index (χ0) is 15.5. The number of carboxylic acids is 1. The highest BCUT2D eigenvalue weighted by Crippen LogP contribution is 2.26. The molecule has 1 rings (SSSR count). The van der Waals surface area contributed by atoms with Gasteiger partial charge in [-0.1, -0.05) is 13.3 Å². The number of unbranched alkanes of at least 4 members (excludes halogenated alkanes) is 1. The SMILES string of the molecule is CCCCN(C)c1cc(C)c(S(N)(=O)=O)cc1C(=O)O. The maximum Gasteiger partial charge on any atom is 0.337 e. The number of aryl methyl sites for hydroxylation is 1. The lowest BCUT2D eigenvalue weighted by Gasteiger charge is -2.22. The molecule has 0 heterocycles. The van der Waals surface area contributed by atoms with E-state index in [-0.39, 0.29) is 10.5 Å². The van der Waals surface area contributed by atoms with E-state index >= 15 is 0 Å². The third-order valence-corrected chi connectivity index (χ3v) is 4.14. The normalized spacial score (nSPS) is 11.4. The fourth-order valence-corrected chi connectivity index (χ4v) is 2.77. The molecule has 1 aromatic carbocycles. The Morgan fingerprint density at radius 3 is 2.45 bits per heavy atom. The van der Waals surface area contributed by atoms with E-state index in [0.717, 1.165) is 18.9 Å². The van der Waals surface area contributed by atoms with Gasteiger partial charge in [0, 0.05) is 13.6 Å². The quantitative estimate of drug-likeness (QED) is 0.830. The Hall–Kier alpha value is -1.60.